The second-order valence-corrected chi connectivity index (χ2v) is 5.16. The lowest BCUT2D eigenvalue weighted by molar-refractivity contribution is -0.117. The van der Waals surface area contributed by atoms with Gasteiger partial charge in [0.05, 0.1) is 24.6 Å². The van der Waals surface area contributed by atoms with Gasteiger partial charge < -0.3 is 10.2 Å². The van der Waals surface area contributed by atoms with Gasteiger partial charge in [0.25, 0.3) is 0 Å². The molecule has 1 amide bonds. The average molecular weight is 292 g/mol. The molecule has 0 aliphatic heterocycles. The first kappa shape index (κ1) is 17.6. The normalized spacial score (nSPS) is 15.0. The fourth-order valence-electron chi connectivity index (χ4n) is 2.36. The second-order valence-electron chi connectivity index (χ2n) is 5.16. The quantitative estimate of drug-likeness (QED) is 0.927. The van der Waals surface area contributed by atoms with Gasteiger partial charge in [-0.05, 0) is 19.8 Å². The molecule has 2 rings (SSSR count). The fourth-order valence-corrected chi connectivity index (χ4v) is 2.36. The van der Waals surface area contributed by atoms with Crippen LogP contribution in [0.1, 0.15) is 51.8 Å². The molecule has 0 aromatic carbocycles. The molecule has 1 aliphatic rings. The van der Waals surface area contributed by atoms with Crippen molar-refractivity contribution in [3.8, 4) is 0 Å². The summed E-state index contributed by atoms with van der Waals surface area (Å²) in [7, 11) is 1.76. The third kappa shape index (κ3) is 5.79. The number of rotatable bonds is 4. The van der Waals surface area contributed by atoms with Crippen LogP contribution in [0.5, 0.6) is 0 Å². The Morgan fingerprint density at radius 3 is 2.38 bits per heavy atom. The molecule has 0 unspecified atom stereocenters. The van der Waals surface area contributed by atoms with E-state index >= 15 is 0 Å². The Balaban J connectivity index is 0.00000106. The van der Waals surface area contributed by atoms with Gasteiger partial charge in [-0.25, -0.2) is 9.97 Å². The van der Waals surface area contributed by atoms with Gasteiger partial charge in [-0.15, -0.1) is 0 Å². The van der Waals surface area contributed by atoms with Crippen molar-refractivity contribution in [3.63, 3.8) is 0 Å². The Bertz CT molecular complexity index is 413. The maximum atomic E-state index is 12.1. The van der Waals surface area contributed by atoms with Crippen molar-refractivity contribution < 1.29 is 4.79 Å². The van der Waals surface area contributed by atoms with Gasteiger partial charge in [-0.3, -0.25) is 4.79 Å². The van der Waals surface area contributed by atoms with E-state index in [0.29, 0.717) is 18.4 Å². The van der Waals surface area contributed by atoms with E-state index < -0.39 is 0 Å². The highest BCUT2D eigenvalue weighted by Crippen LogP contribution is 2.17. The van der Waals surface area contributed by atoms with Crippen molar-refractivity contribution in [1.82, 2.24) is 15.3 Å². The van der Waals surface area contributed by atoms with Gasteiger partial charge in [0, 0.05) is 13.1 Å². The summed E-state index contributed by atoms with van der Waals surface area (Å²) in [6.07, 6.45) is 9.60. The molecule has 0 bridgehead atoms. The summed E-state index contributed by atoms with van der Waals surface area (Å²) in [5.41, 5.74) is 0.737. The molecule has 5 nitrogen and oxygen atoms in total. The maximum Gasteiger partial charge on any atom is 0.240 e. The number of anilines is 1. The van der Waals surface area contributed by atoms with Crippen LogP contribution in [0.15, 0.2) is 12.4 Å². The van der Waals surface area contributed by atoms with E-state index in [4.69, 9.17) is 0 Å². The first-order valence-electron chi connectivity index (χ1n) is 7.95. The summed E-state index contributed by atoms with van der Waals surface area (Å²) in [5.74, 6) is 0.767. The number of carbonyl (C=O) groups excluding carboxylic acids is 1. The molecule has 1 aromatic heterocycles. The summed E-state index contributed by atoms with van der Waals surface area (Å²) in [5, 5.41) is 3.35. The molecule has 1 aliphatic carbocycles. The van der Waals surface area contributed by atoms with Crippen LogP contribution >= 0.6 is 0 Å². The van der Waals surface area contributed by atoms with E-state index in [1.54, 1.807) is 24.3 Å². The van der Waals surface area contributed by atoms with Crippen LogP contribution < -0.4 is 10.2 Å². The van der Waals surface area contributed by atoms with Crippen LogP contribution in [-0.2, 0) is 4.79 Å². The van der Waals surface area contributed by atoms with Gasteiger partial charge in [-0.2, -0.15) is 0 Å². The number of nitrogens with one attached hydrogen (secondary N) is 1. The SMILES string of the molecule is CC.Cc1ncc(N(C)C(=O)CNC2CCCCC2)cn1. The summed E-state index contributed by atoms with van der Waals surface area (Å²) in [6.45, 7) is 6.21. The predicted octanol–water partition coefficient (Wildman–Crippen LogP) is 2.70. The van der Waals surface area contributed by atoms with Crippen molar-refractivity contribution in [2.24, 2.45) is 0 Å². The first-order chi connectivity index (χ1) is 10.2. The van der Waals surface area contributed by atoms with E-state index in [1.165, 1.54) is 32.1 Å². The van der Waals surface area contributed by atoms with Crippen LogP contribution in [0.3, 0.4) is 0 Å². The minimum absolute atomic E-state index is 0.0537. The second kappa shape index (κ2) is 9.45. The van der Waals surface area contributed by atoms with E-state index in [2.05, 4.69) is 15.3 Å². The molecular formula is C16H28N4O. The average Bonchev–Trinajstić information content (AvgIpc) is 2.55. The molecule has 21 heavy (non-hydrogen) atoms. The zero-order valence-electron chi connectivity index (χ0n) is 13.7. The Morgan fingerprint density at radius 2 is 1.81 bits per heavy atom. The maximum absolute atomic E-state index is 12.1. The summed E-state index contributed by atoms with van der Waals surface area (Å²) in [6, 6.07) is 0.500. The topological polar surface area (TPSA) is 58.1 Å². The molecule has 118 valence electrons. The molecular weight excluding hydrogens is 264 g/mol. The number of aryl methyl sites for hydroxylation is 1. The van der Waals surface area contributed by atoms with Crippen molar-refractivity contribution >= 4 is 11.6 Å². The lowest BCUT2D eigenvalue weighted by atomic mass is 9.95. The van der Waals surface area contributed by atoms with Crippen molar-refractivity contribution in [2.75, 3.05) is 18.5 Å². The Labute approximate surface area is 128 Å². The predicted molar refractivity (Wildman–Crippen MR) is 86.4 cm³/mol. The number of carbonyl (C=O) groups is 1. The number of hydrogen-bond donors (Lipinski definition) is 1. The van der Waals surface area contributed by atoms with Gasteiger partial charge in [0.1, 0.15) is 5.82 Å². The summed E-state index contributed by atoms with van der Waals surface area (Å²) in [4.78, 5) is 21.9. The molecule has 5 heteroatoms. The number of likely N-dealkylation sites (N-methyl/N-ethyl adjacent to an activating group) is 1. The van der Waals surface area contributed by atoms with E-state index in [0.717, 1.165) is 5.69 Å². The van der Waals surface area contributed by atoms with Crippen LogP contribution in [0.2, 0.25) is 0 Å². The minimum Gasteiger partial charge on any atom is -0.312 e. The van der Waals surface area contributed by atoms with Gasteiger partial charge >= 0.3 is 0 Å². The van der Waals surface area contributed by atoms with Gasteiger partial charge in [0.2, 0.25) is 5.91 Å². The lowest BCUT2D eigenvalue weighted by Gasteiger charge is -2.24. The Morgan fingerprint density at radius 1 is 1.24 bits per heavy atom. The molecule has 1 saturated carbocycles. The van der Waals surface area contributed by atoms with Gasteiger partial charge in [-0.1, -0.05) is 33.1 Å². The number of hydrogen-bond acceptors (Lipinski definition) is 4. The standard InChI is InChI=1S/C14H22N4O.C2H6/c1-11-15-8-13(9-16-11)18(2)14(19)10-17-12-6-4-3-5-7-12;1-2/h8-9,12,17H,3-7,10H2,1-2H3;1-2H3. The highest BCUT2D eigenvalue weighted by atomic mass is 16.2. The van der Waals surface area contributed by atoms with Crippen molar-refractivity contribution in [1.29, 1.82) is 0 Å². The Hall–Kier alpha value is -1.49. The molecule has 0 saturated heterocycles. The molecule has 1 fully saturated rings. The lowest BCUT2D eigenvalue weighted by Crippen LogP contribution is -2.41. The molecule has 1 heterocycles. The van der Waals surface area contributed by atoms with E-state index in [9.17, 15) is 4.79 Å². The van der Waals surface area contributed by atoms with Crippen molar-refractivity contribution in [2.45, 2.75) is 58.9 Å². The van der Waals surface area contributed by atoms with E-state index in [-0.39, 0.29) is 5.91 Å². The van der Waals surface area contributed by atoms with Crippen molar-refractivity contribution in [3.05, 3.63) is 18.2 Å². The number of amides is 1. The molecule has 0 spiro atoms. The zero-order valence-corrected chi connectivity index (χ0v) is 13.7. The highest BCUT2D eigenvalue weighted by molar-refractivity contribution is 5.93. The summed E-state index contributed by atoms with van der Waals surface area (Å²) < 4.78 is 0. The third-order valence-electron chi connectivity index (χ3n) is 3.68. The summed E-state index contributed by atoms with van der Waals surface area (Å²) >= 11 is 0. The smallest absolute Gasteiger partial charge is 0.240 e. The molecule has 0 radical (unpaired) electrons. The zero-order chi connectivity index (χ0) is 15.7. The number of nitrogens with zero attached hydrogens (tertiary/aromatic N) is 3. The Kier molecular flexibility index (Phi) is 7.90. The van der Waals surface area contributed by atoms with Crippen LogP contribution in [0.4, 0.5) is 5.69 Å². The molecule has 0 atom stereocenters. The van der Waals surface area contributed by atoms with Gasteiger partial charge in [0.15, 0.2) is 0 Å². The highest BCUT2D eigenvalue weighted by Gasteiger charge is 2.16. The third-order valence-corrected chi connectivity index (χ3v) is 3.68. The van der Waals surface area contributed by atoms with E-state index in [1.807, 2.05) is 20.8 Å². The van der Waals surface area contributed by atoms with Crippen LogP contribution in [0, 0.1) is 6.92 Å². The van der Waals surface area contributed by atoms with Crippen LogP contribution in [0.25, 0.3) is 0 Å². The number of aromatic nitrogens is 2. The molecule has 1 N–H and O–H groups in total. The molecule has 1 aromatic rings. The largest absolute Gasteiger partial charge is 0.312 e. The monoisotopic (exact) mass is 292 g/mol. The first-order valence-corrected chi connectivity index (χ1v) is 7.95. The van der Waals surface area contributed by atoms with Crippen LogP contribution in [-0.4, -0.2) is 35.5 Å². The fraction of sp³-hybridized carbons (Fsp3) is 0.688. The minimum atomic E-state index is 0.0537.